The quantitative estimate of drug-likeness (QED) is 0.119. The number of hydrogen-bond acceptors (Lipinski definition) is 8. The molecule has 1 unspecified atom stereocenters. The molecule has 1 aromatic heterocycles. The minimum absolute atomic E-state index is 0.106. The van der Waals surface area contributed by atoms with Gasteiger partial charge in [0.15, 0.2) is 11.5 Å². The second-order valence-corrected chi connectivity index (χ2v) is 12.9. The molecule has 49 heavy (non-hydrogen) atoms. The van der Waals surface area contributed by atoms with Gasteiger partial charge < -0.3 is 38.6 Å². The molecule has 0 radical (unpaired) electrons. The molecular formula is C39H53N5O5. The number of carbonyl (C=O) groups is 1. The Labute approximate surface area is 291 Å². The molecule has 264 valence electrons. The van der Waals surface area contributed by atoms with E-state index in [9.17, 15) is 4.79 Å². The zero-order valence-electron chi connectivity index (χ0n) is 30.0. The van der Waals surface area contributed by atoms with Crippen LogP contribution in [-0.4, -0.2) is 93.0 Å². The normalized spacial score (nSPS) is 14.4. The van der Waals surface area contributed by atoms with Gasteiger partial charge in [0.2, 0.25) is 11.7 Å². The van der Waals surface area contributed by atoms with Crippen molar-refractivity contribution < 1.29 is 23.7 Å². The van der Waals surface area contributed by atoms with E-state index in [0.717, 1.165) is 69.1 Å². The Morgan fingerprint density at radius 1 is 0.918 bits per heavy atom. The molecule has 0 aliphatic carbocycles. The Kier molecular flexibility index (Phi) is 12.6. The number of rotatable bonds is 17. The topological polar surface area (TPSA) is 90.3 Å². The first-order valence-electron chi connectivity index (χ1n) is 17.5. The Morgan fingerprint density at radius 2 is 1.61 bits per heavy atom. The summed E-state index contributed by atoms with van der Waals surface area (Å²) in [6.07, 6.45) is 6.62. The number of imidazole rings is 1. The van der Waals surface area contributed by atoms with Crippen LogP contribution in [0.15, 0.2) is 60.7 Å². The van der Waals surface area contributed by atoms with Crippen LogP contribution >= 0.6 is 0 Å². The van der Waals surface area contributed by atoms with Crippen LogP contribution in [0, 0.1) is 0 Å². The standard InChI is InChI=1S/C39H53N5O5/c1-7-8-11-21-44-34-13-10-9-12-33(34)41-39(44)40-31-19-23-43(24-20-31)22-18-29(28-14-16-32(46-3)17-15-28)27-42(2)38(45)30-25-35(47-4)37(49-6)36(26-30)48-5/h9-10,12-17,25-26,29,31H,7-8,11,18-24,27H2,1-6H3,(H,40,41). The number of benzene rings is 3. The third-order valence-electron chi connectivity index (χ3n) is 9.69. The first-order chi connectivity index (χ1) is 23.9. The third kappa shape index (κ3) is 8.78. The number of fused-ring (bicyclic) bond motifs is 1. The molecule has 1 aliphatic rings. The Bertz CT molecular complexity index is 1620. The summed E-state index contributed by atoms with van der Waals surface area (Å²) in [4.78, 5) is 23.0. The van der Waals surface area contributed by atoms with Gasteiger partial charge in [-0.2, -0.15) is 0 Å². The summed E-state index contributed by atoms with van der Waals surface area (Å²) in [6.45, 7) is 6.78. The molecule has 4 aromatic rings. The molecule has 5 rings (SSSR count). The number of anilines is 1. The van der Waals surface area contributed by atoms with Gasteiger partial charge >= 0.3 is 0 Å². The van der Waals surface area contributed by atoms with E-state index in [-0.39, 0.29) is 11.8 Å². The summed E-state index contributed by atoms with van der Waals surface area (Å²) in [5.41, 5.74) is 3.93. The number of aromatic nitrogens is 2. The van der Waals surface area contributed by atoms with Crippen LogP contribution in [-0.2, 0) is 6.54 Å². The van der Waals surface area contributed by atoms with Crippen LogP contribution in [0.25, 0.3) is 11.0 Å². The number of nitrogens with one attached hydrogen (secondary N) is 1. The average Bonchev–Trinajstić information content (AvgIpc) is 3.49. The van der Waals surface area contributed by atoms with Crippen molar-refractivity contribution in [3.05, 3.63) is 71.8 Å². The fraction of sp³-hybridized carbons (Fsp3) is 0.487. The predicted molar refractivity (Wildman–Crippen MR) is 196 cm³/mol. The lowest BCUT2D eigenvalue weighted by atomic mass is 9.93. The fourth-order valence-electron chi connectivity index (χ4n) is 6.83. The molecule has 1 N–H and O–H groups in total. The minimum atomic E-state index is -0.106. The molecule has 0 bridgehead atoms. The van der Waals surface area contributed by atoms with Gasteiger partial charge in [0, 0.05) is 50.7 Å². The van der Waals surface area contributed by atoms with Crippen LogP contribution in [0.1, 0.15) is 67.3 Å². The number of nitrogens with zero attached hydrogens (tertiary/aromatic N) is 4. The highest BCUT2D eigenvalue weighted by atomic mass is 16.5. The summed E-state index contributed by atoms with van der Waals surface area (Å²) in [5.74, 6) is 3.22. The molecule has 2 heterocycles. The Balaban J connectivity index is 1.23. The molecule has 1 atom stereocenters. The summed E-state index contributed by atoms with van der Waals surface area (Å²) in [7, 11) is 8.20. The van der Waals surface area contributed by atoms with E-state index in [2.05, 4.69) is 58.1 Å². The van der Waals surface area contributed by atoms with Gasteiger partial charge in [-0.1, -0.05) is 44.0 Å². The Hall–Kier alpha value is -4.44. The highest BCUT2D eigenvalue weighted by molar-refractivity contribution is 5.95. The zero-order valence-corrected chi connectivity index (χ0v) is 30.0. The fourth-order valence-corrected chi connectivity index (χ4v) is 6.83. The van der Waals surface area contributed by atoms with Gasteiger partial charge in [-0.25, -0.2) is 4.98 Å². The molecule has 0 spiro atoms. The predicted octanol–water partition coefficient (Wildman–Crippen LogP) is 7.08. The summed E-state index contributed by atoms with van der Waals surface area (Å²) < 4.78 is 24.3. The maximum absolute atomic E-state index is 13.7. The molecule has 1 saturated heterocycles. The Morgan fingerprint density at radius 3 is 2.24 bits per heavy atom. The molecule has 1 amide bonds. The summed E-state index contributed by atoms with van der Waals surface area (Å²) in [6, 6.07) is 20.5. The molecule has 1 aliphatic heterocycles. The van der Waals surface area contributed by atoms with Crippen molar-refractivity contribution in [1.82, 2.24) is 19.4 Å². The van der Waals surface area contributed by atoms with Crippen LogP contribution in [0.3, 0.4) is 0 Å². The highest BCUT2D eigenvalue weighted by Crippen LogP contribution is 2.38. The van der Waals surface area contributed by atoms with Crippen molar-refractivity contribution >= 4 is 22.9 Å². The number of likely N-dealkylation sites (N-methyl/N-ethyl adjacent to an activating group) is 1. The van der Waals surface area contributed by atoms with Crippen molar-refractivity contribution in [1.29, 1.82) is 0 Å². The number of likely N-dealkylation sites (tertiary alicyclic amines) is 1. The lowest BCUT2D eigenvalue weighted by molar-refractivity contribution is 0.0781. The van der Waals surface area contributed by atoms with E-state index in [0.29, 0.717) is 35.4 Å². The van der Waals surface area contributed by atoms with Gasteiger partial charge in [0.05, 0.1) is 39.5 Å². The molecule has 3 aromatic carbocycles. The number of hydrogen-bond donors (Lipinski definition) is 1. The first-order valence-corrected chi connectivity index (χ1v) is 17.5. The largest absolute Gasteiger partial charge is 0.497 e. The lowest BCUT2D eigenvalue weighted by Gasteiger charge is -2.34. The second kappa shape index (κ2) is 17.3. The van der Waals surface area contributed by atoms with Crippen molar-refractivity contribution in [2.45, 2.75) is 64.0 Å². The van der Waals surface area contributed by atoms with E-state index < -0.39 is 0 Å². The molecular weight excluding hydrogens is 618 g/mol. The number of piperidine rings is 1. The van der Waals surface area contributed by atoms with Gasteiger partial charge in [-0.3, -0.25) is 4.79 Å². The highest BCUT2D eigenvalue weighted by Gasteiger charge is 2.25. The van der Waals surface area contributed by atoms with E-state index in [4.69, 9.17) is 23.9 Å². The number of methoxy groups -OCH3 is 4. The third-order valence-corrected chi connectivity index (χ3v) is 9.69. The van der Waals surface area contributed by atoms with E-state index in [1.165, 1.54) is 23.9 Å². The lowest BCUT2D eigenvalue weighted by Crippen LogP contribution is -2.40. The number of carbonyl (C=O) groups excluding carboxylic acids is 1. The molecule has 10 nitrogen and oxygen atoms in total. The summed E-state index contributed by atoms with van der Waals surface area (Å²) in [5, 5.41) is 3.81. The number of unbranched alkanes of at least 4 members (excludes halogenated alkanes) is 2. The number of amides is 1. The monoisotopic (exact) mass is 671 g/mol. The maximum atomic E-state index is 13.7. The van der Waals surface area contributed by atoms with Crippen molar-refractivity contribution in [3.8, 4) is 23.0 Å². The van der Waals surface area contributed by atoms with Gasteiger partial charge in [-0.15, -0.1) is 0 Å². The van der Waals surface area contributed by atoms with Crippen molar-refractivity contribution in [2.24, 2.45) is 0 Å². The molecule has 1 fully saturated rings. The minimum Gasteiger partial charge on any atom is -0.497 e. The van der Waals surface area contributed by atoms with Crippen LogP contribution in [0.5, 0.6) is 23.0 Å². The van der Waals surface area contributed by atoms with Crippen molar-refractivity contribution in [3.63, 3.8) is 0 Å². The zero-order chi connectivity index (χ0) is 34.8. The van der Waals surface area contributed by atoms with Crippen molar-refractivity contribution in [2.75, 3.05) is 67.0 Å². The van der Waals surface area contributed by atoms with Gasteiger partial charge in [-0.05, 0) is 74.2 Å². The maximum Gasteiger partial charge on any atom is 0.253 e. The van der Waals surface area contributed by atoms with E-state index in [1.807, 2.05) is 19.2 Å². The van der Waals surface area contributed by atoms with E-state index >= 15 is 0 Å². The first kappa shape index (κ1) is 35.9. The van der Waals surface area contributed by atoms with Crippen LogP contribution < -0.4 is 24.3 Å². The second-order valence-electron chi connectivity index (χ2n) is 12.9. The van der Waals surface area contributed by atoms with Crippen LogP contribution in [0.4, 0.5) is 5.95 Å². The number of ether oxygens (including phenoxy) is 4. The number of aryl methyl sites for hydroxylation is 1. The SMILES string of the molecule is CCCCCn1c(NC2CCN(CCC(CN(C)C(=O)c3cc(OC)c(OC)c(OC)c3)c3ccc(OC)cc3)CC2)nc2ccccc21. The van der Waals surface area contributed by atoms with E-state index in [1.54, 1.807) is 45.5 Å². The average molecular weight is 672 g/mol. The molecule has 0 saturated carbocycles. The van der Waals surface area contributed by atoms with Gasteiger partial charge in [0.1, 0.15) is 5.75 Å². The smallest absolute Gasteiger partial charge is 0.253 e. The van der Waals surface area contributed by atoms with Gasteiger partial charge in [0.25, 0.3) is 5.91 Å². The summed E-state index contributed by atoms with van der Waals surface area (Å²) >= 11 is 0. The van der Waals surface area contributed by atoms with Crippen LogP contribution in [0.2, 0.25) is 0 Å². The molecule has 10 heteroatoms. The number of para-hydroxylation sites is 2.